The lowest BCUT2D eigenvalue weighted by atomic mass is 9.93. The molecule has 3 aromatic rings. The van der Waals surface area contributed by atoms with Crippen LogP contribution in [0.15, 0.2) is 49.3 Å². The topological polar surface area (TPSA) is 106 Å². The number of rotatable bonds is 5. The molecule has 1 aliphatic heterocycles. The molecule has 2 aliphatic rings. The second kappa shape index (κ2) is 9.40. The second-order valence-electron chi connectivity index (χ2n) is 10.5. The molecular formula is C29H32N6O2. The molecule has 0 spiro atoms. The maximum absolute atomic E-state index is 14.0. The number of benzene rings is 1. The first-order chi connectivity index (χ1) is 17.7. The third-order valence-electron chi connectivity index (χ3n) is 7.31. The van der Waals surface area contributed by atoms with Crippen LogP contribution >= 0.6 is 0 Å². The fourth-order valence-electron chi connectivity index (χ4n) is 5.14. The van der Waals surface area contributed by atoms with E-state index in [1.54, 1.807) is 4.90 Å². The summed E-state index contributed by atoms with van der Waals surface area (Å²) in [7, 11) is 0. The predicted molar refractivity (Wildman–Crippen MR) is 144 cm³/mol. The summed E-state index contributed by atoms with van der Waals surface area (Å²) in [5.41, 5.74) is 8.21. The first kappa shape index (κ1) is 24.6. The van der Waals surface area contributed by atoms with Crippen molar-refractivity contribution < 1.29 is 9.59 Å². The quantitative estimate of drug-likeness (QED) is 0.413. The Labute approximate surface area is 217 Å². The molecule has 37 heavy (non-hydrogen) atoms. The van der Waals surface area contributed by atoms with Crippen molar-refractivity contribution in [2.24, 2.45) is 5.92 Å². The van der Waals surface area contributed by atoms with Gasteiger partial charge in [-0.2, -0.15) is 0 Å². The average molecular weight is 497 g/mol. The number of carbonyl (C=O) groups is 2. The zero-order valence-electron chi connectivity index (χ0n) is 21.5. The SMILES string of the molecule is C=CC(=O)N1C[C@H](n2c(C#CC3CC3)c(C(=O)NC(C)(C)c3ccccc3)c3c(N)ncnc32)C[C@@H]1C. The molecule has 5 rings (SSSR count). The highest BCUT2D eigenvalue weighted by Crippen LogP contribution is 2.37. The number of amides is 2. The van der Waals surface area contributed by atoms with E-state index in [1.165, 1.54) is 12.4 Å². The molecule has 1 aliphatic carbocycles. The van der Waals surface area contributed by atoms with E-state index < -0.39 is 5.54 Å². The standard InChI is InChI=1S/C29H32N6O2/c1-5-23(36)34-16-21(15-18(34)2)35-22(14-13-19-11-12-19)24(25-26(30)31-17-32-27(25)35)28(37)33-29(3,4)20-9-7-6-8-10-20/h5-10,17-19,21H,1,11-12,15-16H2,2-4H3,(H,33,37)(H2,30,31,32)/t18-,21+/m0/s1. The van der Waals surface area contributed by atoms with Crippen LogP contribution in [0.25, 0.3) is 11.0 Å². The number of nitrogens with one attached hydrogen (secondary N) is 1. The number of fused-ring (bicyclic) bond motifs is 1. The van der Waals surface area contributed by atoms with E-state index in [1.807, 2.05) is 55.7 Å². The number of aromatic nitrogens is 3. The highest BCUT2D eigenvalue weighted by Gasteiger charge is 2.37. The van der Waals surface area contributed by atoms with Gasteiger partial charge in [0, 0.05) is 18.5 Å². The zero-order valence-corrected chi connectivity index (χ0v) is 21.5. The predicted octanol–water partition coefficient (Wildman–Crippen LogP) is 3.79. The van der Waals surface area contributed by atoms with Crippen LogP contribution in [-0.2, 0) is 10.3 Å². The molecule has 0 unspecified atom stereocenters. The molecule has 2 amide bonds. The van der Waals surface area contributed by atoms with Crippen LogP contribution < -0.4 is 11.1 Å². The van der Waals surface area contributed by atoms with Crippen molar-refractivity contribution in [3.05, 3.63) is 66.1 Å². The number of anilines is 1. The fraction of sp³-hybridized carbons (Fsp3) is 0.379. The Morgan fingerprint density at radius 2 is 1.95 bits per heavy atom. The molecule has 190 valence electrons. The lowest BCUT2D eigenvalue weighted by Crippen LogP contribution is -2.41. The van der Waals surface area contributed by atoms with Gasteiger partial charge >= 0.3 is 0 Å². The van der Waals surface area contributed by atoms with Crippen molar-refractivity contribution in [2.45, 2.75) is 57.7 Å². The van der Waals surface area contributed by atoms with Gasteiger partial charge in [-0.1, -0.05) is 42.8 Å². The van der Waals surface area contributed by atoms with Gasteiger partial charge in [-0.15, -0.1) is 0 Å². The zero-order chi connectivity index (χ0) is 26.3. The molecule has 2 atom stereocenters. The molecule has 3 heterocycles. The summed E-state index contributed by atoms with van der Waals surface area (Å²) in [5, 5.41) is 3.68. The van der Waals surface area contributed by atoms with Gasteiger partial charge in [-0.05, 0) is 57.6 Å². The molecule has 1 saturated heterocycles. The number of nitrogens with zero attached hydrogens (tertiary/aromatic N) is 4. The lowest BCUT2D eigenvalue weighted by molar-refractivity contribution is -0.126. The Balaban J connectivity index is 1.66. The van der Waals surface area contributed by atoms with Crippen LogP contribution in [0, 0.1) is 17.8 Å². The van der Waals surface area contributed by atoms with Gasteiger partial charge in [0.15, 0.2) is 0 Å². The molecule has 8 heteroatoms. The van der Waals surface area contributed by atoms with Gasteiger partial charge in [0.25, 0.3) is 5.91 Å². The summed E-state index contributed by atoms with van der Waals surface area (Å²) in [6, 6.07) is 9.70. The minimum atomic E-state index is -0.645. The summed E-state index contributed by atoms with van der Waals surface area (Å²) in [5.74, 6) is 6.80. The van der Waals surface area contributed by atoms with Crippen LogP contribution in [0.2, 0.25) is 0 Å². The van der Waals surface area contributed by atoms with Crippen LogP contribution in [0.1, 0.15) is 67.7 Å². The summed E-state index contributed by atoms with van der Waals surface area (Å²) in [4.78, 5) is 37.1. The van der Waals surface area contributed by atoms with Crippen molar-refractivity contribution in [3.8, 4) is 11.8 Å². The number of carbonyl (C=O) groups excluding carboxylic acids is 2. The molecule has 2 fully saturated rings. The lowest BCUT2D eigenvalue weighted by Gasteiger charge is -2.27. The van der Waals surface area contributed by atoms with Crippen molar-refractivity contribution in [1.82, 2.24) is 24.8 Å². The Kier molecular flexibility index (Phi) is 6.24. The molecule has 1 aromatic carbocycles. The summed E-state index contributed by atoms with van der Waals surface area (Å²) < 4.78 is 2.00. The van der Waals surface area contributed by atoms with Gasteiger partial charge in [-0.3, -0.25) is 9.59 Å². The Morgan fingerprint density at radius 1 is 1.22 bits per heavy atom. The summed E-state index contributed by atoms with van der Waals surface area (Å²) >= 11 is 0. The highest BCUT2D eigenvalue weighted by atomic mass is 16.2. The molecular weight excluding hydrogens is 464 g/mol. The van der Waals surface area contributed by atoms with E-state index in [0.29, 0.717) is 41.2 Å². The Morgan fingerprint density at radius 3 is 2.62 bits per heavy atom. The molecule has 1 saturated carbocycles. The maximum atomic E-state index is 14.0. The van der Waals surface area contributed by atoms with Gasteiger partial charge in [0.2, 0.25) is 5.91 Å². The van der Waals surface area contributed by atoms with Gasteiger partial charge in [0.1, 0.15) is 23.5 Å². The molecule has 8 nitrogen and oxygen atoms in total. The Bertz CT molecular complexity index is 1440. The summed E-state index contributed by atoms with van der Waals surface area (Å²) in [6.45, 7) is 10.1. The van der Waals surface area contributed by atoms with Crippen molar-refractivity contribution >= 4 is 28.7 Å². The average Bonchev–Trinajstić information content (AvgIpc) is 3.54. The Hall–Kier alpha value is -4.12. The van der Waals surface area contributed by atoms with Crippen LogP contribution in [0.5, 0.6) is 0 Å². The number of hydrogen-bond acceptors (Lipinski definition) is 5. The van der Waals surface area contributed by atoms with E-state index in [4.69, 9.17) is 5.73 Å². The smallest absolute Gasteiger partial charge is 0.255 e. The van der Waals surface area contributed by atoms with E-state index >= 15 is 0 Å². The maximum Gasteiger partial charge on any atom is 0.255 e. The fourth-order valence-corrected chi connectivity index (χ4v) is 5.14. The van der Waals surface area contributed by atoms with Gasteiger partial charge in [0.05, 0.1) is 22.5 Å². The van der Waals surface area contributed by atoms with Crippen LogP contribution in [0.4, 0.5) is 5.82 Å². The molecule has 0 bridgehead atoms. The largest absolute Gasteiger partial charge is 0.383 e. The monoisotopic (exact) mass is 496 g/mol. The van der Waals surface area contributed by atoms with Gasteiger partial charge < -0.3 is 20.5 Å². The highest BCUT2D eigenvalue weighted by molar-refractivity contribution is 6.12. The molecule has 0 radical (unpaired) electrons. The first-order valence-electron chi connectivity index (χ1n) is 12.7. The second-order valence-corrected chi connectivity index (χ2v) is 10.5. The van der Waals surface area contributed by atoms with Gasteiger partial charge in [-0.25, -0.2) is 9.97 Å². The van der Waals surface area contributed by atoms with E-state index in [-0.39, 0.29) is 29.7 Å². The minimum absolute atomic E-state index is 0.00525. The molecule has 2 aromatic heterocycles. The summed E-state index contributed by atoms with van der Waals surface area (Å²) in [6.07, 6.45) is 5.56. The number of nitrogens with two attached hydrogens (primary N) is 1. The van der Waals surface area contributed by atoms with E-state index in [9.17, 15) is 9.59 Å². The van der Waals surface area contributed by atoms with Crippen LogP contribution in [-0.4, -0.2) is 43.8 Å². The number of nitrogen functional groups attached to an aromatic ring is 1. The first-order valence-corrected chi connectivity index (χ1v) is 12.7. The minimum Gasteiger partial charge on any atom is -0.383 e. The third kappa shape index (κ3) is 4.57. The molecule has 3 N–H and O–H groups in total. The number of hydrogen-bond donors (Lipinski definition) is 2. The van der Waals surface area contributed by atoms with Crippen molar-refractivity contribution in [3.63, 3.8) is 0 Å². The van der Waals surface area contributed by atoms with Crippen molar-refractivity contribution in [1.29, 1.82) is 0 Å². The normalized spacial score (nSPS) is 19.4. The van der Waals surface area contributed by atoms with E-state index in [0.717, 1.165) is 18.4 Å². The van der Waals surface area contributed by atoms with Crippen molar-refractivity contribution in [2.75, 3.05) is 12.3 Å². The van der Waals surface area contributed by atoms with Crippen LogP contribution in [0.3, 0.4) is 0 Å². The third-order valence-corrected chi connectivity index (χ3v) is 7.31. The number of likely N-dealkylation sites (tertiary alicyclic amines) is 1. The van der Waals surface area contributed by atoms with E-state index in [2.05, 4.69) is 33.7 Å².